The van der Waals surface area contributed by atoms with Gasteiger partial charge in [-0.1, -0.05) is 25.5 Å². The van der Waals surface area contributed by atoms with Crippen LogP contribution in [0.1, 0.15) is 52.9 Å². The number of rotatable bonds is 4. The highest BCUT2D eigenvalue weighted by Crippen LogP contribution is 2.70. The van der Waals surface area contributed by atoms with E-state index < -0.39 is 70.2 Å². The number of carboxylic acid groups (broad SMARTS) is 1. The van der Waals surface area contributed by atoms with Gasteiger partial charge in [0.25, 0.3) is 0 Å². The van der Waals surface area contributed by atoms with Gasteiger partial charge in [0.15, 0.2) is 17.2 Å². The maximum atomic E-state index is 17.0. The van der Waals surface area contributed by atoms with Crippen molar-refractivity contribution in [2.24, 2.45) is 28.6 Å². The first-order chi connectivity index (χ1) is 14.7. The van der Waals surface area contributed by atoms with E-state index in [0.717, 1.165) is 0 Å². The number of aliphatic hydroxyl groups is 3. The Labute approximate surface area is 186 Å². The molecule has 8 heteroatoms. The highest BCUT2D eigenvalue weighted by Gasteiger charge is 2.75. The van der Waals surface area contributed by atoms with Crippen molar-refractivity contribution in [3.05, 3.63) is 23.8 Å². The standard InChI is InChI=1S/C24H31FO7/c1-12-8-16-15-5-4-13-9-14(26)6-7-21(13,2)23(15,25)18(28)11-22(16,3)24(12,32)20(31)17(27)10-19(29)30/h6-7,9,12,15-18,27-28,32H,4-5,8,10-11H2,1-3H3,(H,29,30)/p-1/t12-,15+,16+,17?,18+,21+,22+,23+,24+/m1/s1. The summed E-state index contributed by atoms with van der Waals surface area (Å²) in [5.74, 6) is -4.72. The van der Waals surface area contributed by atoms with E-state index in [1.807, 2.05) is 0 Å². The van der Waals surface area contributed by atoms with Crippen LogP contribution in [0.2, 0.25) is 0 Å². The molecule has 1 unspecified atom stereocenters. The van der Waals surface area contributed by atoms with E-state index in [1.165, 1.54) is 18.2 Å². The largest absolute Gasteiger partial charge is 0.550 e. The molecule has 4 aliphatic rings. The van der Waals surface area contributed by atoms with E-state index in [4.69, 9.17) is 0 Å². The van der Waals surface area contributed by atoms with Crippen LogP contribution < -0.4 is 5.11 Å². The molecule has 4 rings (SSSR count). The van der Waals surface area contributed by atoms with Crippen molar-refractivity contribution >= 4 is 17.5 Å². The Bertz CT molecular complexity index is 943. The lowest BCUT2D eigenvalue weighted by Crippen LogP contribution is -2.69. The number of allylic oxidation sites excluding steroid dienone is 4. The summed E-state index contributed by atoms with van der Waals surface area (Å²) in [5.41, 5.74) is -6.04. The van der Waals surface area contributed by atoms with Gasteiger partial charge in [0.2, 0.25) is 0 Å². The summed E-state index contributed by atoms with van der Waals surface area (Å²) in [5, 5.41) is 44.0. The Morgan fingerprint density at radius 2 is 1.97 bits per heavy atom. The first-order valence-electron chi connectivity index (χ1n) is 11.2. The van der Waals surface area contributed by atoms with Gasteiger partial charge in [0.05, 0.1) is 6.10 Å². The molecule has 176 valence electrons. The number of carbonyl (C=O) groups is 3. The number of alkyl halides is 1. The number of aliphatic carboxylic acids is 1. The topological polar surface area (TPSA) is 135 Å². The highest BCUT2D eigenvalue weighted by molar-refractivity contribution is 6.01. The predicted octanol–water partition coefficient (Wildman–Crippen LogP) is 0.404. The Kier molecular flexibility index (Phi) is 5.12. The molecule has 0 aliphatic heterocycles. The third kappa shape index (κ3) is 2.66. The van der Waals surface area contributed by atoms with Gasteiger partial charge < -0.3 is 25.2 Å². The number of aliphatic hydroxyl groups excluding tert-OH is 2. The van der Waals surface area contributed by atoms with Crippen molar-refractivity contribution < 1.29 is 39.2 Å². The molecule has 0 spiro atoms. The van der Waals surface area contributed by atoms with Crippen LogP contribution in [0.4, 0.5) is 4.39 Å². The van der Waals surface area contributed by atoms with Crippen LogP contribution in [-0.4, -0.2) is 56.3 Å². The van der Waals surface area contributed by atoms with Gasteiger partial charge in [0, 0.05) is 29.1 Å². The van der Waals surface area contributed by atoms with Crippen molar-refractivity contribution in [3.8, 4) is 0 Å². The van der Waals surface area contributed by atoms with Gasteiger partial charge in [-0.3, -0.25) is 9.59 Å². The quantitative estimate of drug-likeness (QED) is 0.566. The lowest BCUT2D eigenvalue weighted by molar-refractivity contribution is -0.307. The molecule has 3 N–H and O–H groups in total. The Hall–Kier alpha value is -1.90. The number of fused-ring (bicyclic) bond motifs is 5. The van der Waals surface area contributed by atoms with Gasteiger partial charge in [-0.15, -0.1) is 0 Å². The Morgan fingerprint density at radius 3 is 2.59 bits per heavy atom. The molecule has 0 aromatic carbocycles. The summed E-state index contributed by atoms with van der Waals surface area (Å²) >= 11 is 0. The summed E-state index contributed by atoms with van der Waals surface area (Å²) < 4.78 is 17.0. The Morgan fingerprint density at radius 1 is 1.31 bits per heavy atom. The van der Waals surface area contributed by atoms with Gasteiger partial charge >= 0.3 is 0 Å². The van der Waals surface area contributed by atoms with Crippen molar-refractivity contribution in [1.82, 2.24) is 0 Å². The van der Waals surface area contributed by atoms with Crippen molar-refractivity contribution in [1.29, 1.82) is 0 Å². The molecule has 0 aromatic rings. The monoisotopic (exact) mass is 449 g/mol. The van der Waals surface area contributed by atoms with E-state index in [-0.39, 0.29) is 18.6 Å². The van der Waals surface area contributed by atoms with Crippen LogP contribution in [-0.2, 0) is 14.4 Å². The zero-order valence-corrected chi connectivity index (χ0v) is 18.5. The fourth-order valence-electron chi connectivity index (χ4n) is 7.58. The third-order valence-corrected chi connectivity index (χ3v) is 9.26. The lowest BCUT2D eigenvalue weighted by atomic mass is 9.44. The highest BCUT2D eigenvalue weighted by atomic mass is 19.1. The number of carboxylic acids is 1. The average Bonchev–Trinajstić information content (AvgIpc) is 2.90. The van der Waals surface area contributed by atoms with Gasteiger partial charge in [-0.25, -0.2) is 4.39 Å². The molecule has 7 nitrogen and oxygen atoms in total. The molecule has 0 amide bonds. The SMILES string of the molecule is C[C@@H]1C[C@H]2[C@@H]3CCC4=CC(=O)C=C[C@]4(C)[C@@]3(F)[C@@H](O)C[C@]2(C)[C@@]1(O)C(=O)C(O)CC(=O)[O-]. The zero-order chi connectivity index (χ0) is 23.9. The molecule has 0 bridgehead atoms. The molecule has 0 radical (unpaired) electrons. The number of hydrogen-bond acceptors (Lipinski definition) is 7. The van der Waals surface area contributed by atoms with Gasteiger partial charge in [-0.2, -0.15) is 0 Å². The molecule has 3 fully saturated rings. The minimum absolute atomic E-state index is 0.217. The second kappa shape index (κ2) is 7.05. The predicted molar refractivity (Wildman–Crippen MR) is 108 cm³/mol. The van der Waals surface area contributed by atoms with E-state index in [1.54, 1.807) is 20.8 Å². The van der Waals surface area contributed by atoms with Crippen LogP contribution >= 0.6 is 0 Å². The van der Waals surface area contributed by atoms with Crippen molar-refractivity contribution in [3.63, 3.8) is 0 Å². The fraction of sp³-hybridized carbons (Fsp3) is 0.708. The van der Waals surface area contributed by atoms with Gasteiger partial charge in [-0.05, 0) is 56.6 Å². The molecule has 3 saturated carbocycles. The lowest BCUT2D eigenvalue weighted by Gasteiger charge is -2.62. The second-order valence-electron chi connectivity index (χ2n) is 10.6. The van der Waals surface area contributed by atoms with E-state index in [9.17, 15) is 34.8 Å². The molecule has 32 heavy (non-hydrogen) atoms. The summed E-state index contributed by atoms with van der Waals surface area (Å²) in [6, 6.07) is 0. The van der Waals surface area contributed by atoms with Crippen LogP contribution in [0.25, 0.3) is 0 Å². The molecule has 9 atom stereocenters. The van der Waals surface area contributed by atoms with Crippen LogP contribution in [0.5, 0.6) is 0 Å². The summed E-state index contributed by atoms with van der Waals surface area (Å²) in [6.45, 7) is 4.94. The van der Waals surface area contributed by atoms with Crippen molar-refractivity contribution in [2.45, 2.75) is 76.4 Å². The molecule has 0 saturated heterocycles. The summed E-state index contributed by atoms with van der Waals surface area (Å²) in [4.78, 5) is 35.9. The first-order valence-corrected chi connectivity index (χ1v) is 11.2. The third-order valence-electron chi connectivity index (χ3n) is 9.26. The number of ketones is 2. The summed E-state index contributed by atoms with van der Waals surface area (Å²) in [7, 11) is 0. The number of carbonyl (C=O) groups excluding carboxylic acids is 3. The van der Waals surface area contributed by atoms with Crippen molar-refractivity contribution in [2.75, 3.05) is 0 Å². The minimum Gasteiger partial charge on any atom is -0.550 e. The maximum Gasteiger partial charge on any atom is 0.193 e. The van der Waals surface area contributed by atoms with E-state index in [0.29, 0.717) is 18.4 Å². The first kappa shape index (κ1) is 23.3. The molecular weight excluding hydrogens is 419 g/mol. The normalized spacial score (nSPS) is 48.3. The molecular formula is C24H30FO7-. The zero-order valence-electron chi connectivity index (χ0n) is 18.5. The van der Waals surface area contributed by atoms with E-state index in [2.05, 4.69) is 0 Å². The van der Waals surface area contributed by atoms with Crippen LogP contribution in [0.3, 0.4) is 0 Å². The maximum absolute atomic E-state index is 17.0. The Balaban J connectivity index is 1.77. The number of Topliss-reactive ketones (excluding diaryl/α,β-unsaturated/α-hetero) is 1. The van der Waals surface area contributed by atoms with Gasteiger partial charge in [0.1, 0.15) is 11.7 Å². The van der Waals surface area contributed by atoms with Crippen LogP contribution in [0, 0.1) is 28.6 Å². The second-order valence-corrected chi connectivity index (χ2v) is 10.6. The average molecular weight is 449 g/mol. The van der Waals surface area contributed by atoms with E-state index >= 15 is 4.39 Å². The molecule has 4 aliphatic carbocycles. The summed E-state index contributed by atoms with van der Waals surface area (Å²) in [6.07, 6.45) is 0.696. The minimum atomic E-state index is -2.12. The fourth-order valence-corrected chi connectivity index (χ4v) is 7.58. The van der Waals surface area contributed by atoms with Crippen LogP contribution in [0.15, 0.2) is 23.8 Å². The number of hydrogen-bond donors (Lipinski definition) is 3. The molecule has 0 aromatic heterocycles. The molecule has 0 heterocycles. The number of halogens is 1. The smallest absolute Gasteiger partial charge is 0.193 e.